The predicted octanol–water partition coefficient (Wildman–Crippen LogP) is 4.99. The SMILES string of the molecule is Cc1nn(-c2ccccc2)c(C)c1/C=C/C(=O)OCC(=O)c1cc(C)n(Cc2ccco2)c1C. The number of ether oxygens (including phenoxy) is 1. The Morgan fingerprint density at radius 1 is 1.03 bits per heavy atom. The van der Waals surface area contributed by atoms with Crippen molar-refractivity contribution in [2.24, 2.45) is 0 Å². The third-order valence-corrected chi connectivity index (χ3v) is 5.85. The largest absolute Gasteiger partial charge is 0.467 e. The van der Waals surface area contributed by atoms with Crippen LogP contribution < -0.4 is 0 Å². The van der Waals surface area contributed by atoms with Crippen LogP contribution >= 0.6 is 0 Å². The average molecular weight is 458 g/mol. The molecule has 4 rings (SSSR count). The van der Waals surface area contributed by atoms with Crippen molar-refractivity contribution in [2.75, 3.05) is 6.61 Å². The topological polar surface area (TPSA) is 79.3 Å². The molecule has 0 aliphatic carbocycles. The minimum Gasteiger partial charge on any atom is -0.467 e. The number of aromatic nitrogens is 3. The lowest BCUT2D eigenvalue weighted by Gasteiger charge is -2.08. The molecule has 0 amide bonds. The lowest BCUT2D eigenvalue weighted by molar-refractivity contribution is -0.136. The van der Waals surface area contributed by atoms with Gasteiger partial charge in [-0.25, -0.2) is 9.48 Å². The van der Waals surface area contributed by atoms with Crippen LogP contribution in [0, 0.1) is 27.7 Å². The fourth-order valence-electron chi connectivity index (χ4n) is 4.02. The van der Waals surface area contributed by atoms with Gasteiger partial charge in [-0.1, -0.05) is 18.2 Å². The molecule has 0 aliphatic heterocycles. The number of para-hydroxylation sites is 1. The summed E-state index contributed by atoms with van der Waals surface area (Å²) in [5.74, 6) is -0.0210. The van der Waals surface area contributed by atoms with E-state index in [9.17, 15) is 9.59 Å². The molecule has 0 saturated carbocycles. The summed E-state index contributed by atoms with van der Waals surface area (Å²) in [6.45, 7) is 7.85. The Balaban J connectivity index is 1.40. The van der Waals surface area contributed by atoms with Gasteiger partial charge in [-0.05, 0) is 64.1 Å². The van der Waals surface area contributed by atoms with E-state index in [1.54, 1.807) is 12.3 Å². The maximum atomic E-state index is 12.7. The van der Waals surface area contributed by atoms with E-state index in [-0.39, 0.29) is 12.4 Å². The van der Waals surface area contributed by atoms with Gasteiger partial charge in [-0.2, -0.15) is 5.10 Å². The number of furan rings is 1. The van der Waals surface area contributed by atoms with Gasteiger partial charge in [-0.3, -0.25) is 4.79 Å². The number of hydrogen-bond donors (Lipinski definition) is 0. The molecule has 4 aromatic rings. The van der Waals surface area contributed by atoms with E-state index in [1.165, 1.54) is 6.08 Å². The van der Waals surface area contributed by atoms with Gasteiger partial charge in [0.2, 0.25) is 5.78 Å². The van der Waals surface area contributed by atoms with Gasteiger partial charge in [0.05, 0.1) is 24.2 Å². The van der Waals surface area contributed by atoms with Crippen molar-refractivity contribution in [1.82, 2.24) is 14.3 Å². The first kappa shape index (κ1) is 23.0. The zero-order valence-corrected chi connectivity index (χ0v) is 19.7. The molecule has 0 N–H and O–H groups in total. The van der Waals surface area contributed by atoms with Crippen molar-refractivity contribution in [3.8, 4) is 5.69 Å². The van der Waals surface area contributed by atoms with Crippen LogP contribution in [0.2, 0.25) is 0 Å². The molecule has 0 spiro atoms. The Hall–Kier alpha value is -4.13. The van der Waals surface area contributed by atoms with Crippen molar-refractivity contribution in [3.05, 3.63) is 101 Å². The van der Waals surface area contributed by atoms with Crippen LogP contribution in [0.5, 0.6) is 0 Å². The number of hydrogen-bond acceptors (Lipinski definition) is 5. The van der Waals surface area contributed by atoms with Crippen molar-refractivity contribution < 1.29 is 18.7 Å². The fraction of sp³-hybridized carbons (Fsp3) is 0.222. The van der Waals surface area contributed by atoms with Crippen molar-refractivity contribution in [1.29, 1.82) is 0 Å². The Morgan fingerprint density at radius 2 is 1.79 bits per heavy atom. The second-order valence-corrected chi connectivity index (χ2v) is 8.15. The van der Waals surface area contributed by atoms with Gasteiger partial charge >= 0.3 is 5.97 Å². The molecule has 3 aromatic heterocycles. The summed E-state index contributed by atoms with van der Waals surface area (Å²) in [5.41, 5.74) is 5.78. The molecule has 0 atom stereocenters. The second kappa shape index (κ2) is 9.79. The number of carbonyl (C=O) groups is 2. The van der Waals surface area contributed by atoms with Crippen LogP contribution in [0.25, 0.3) is 11.8 Å². The summed E-state index contributed by atoms with van der Waals surface area (Å²) >= 11 is 0. The van der Waals surface area contributed by atoms with Gasteiger partial charge in [0.25, 0.3) is 0 Å². The molecule has 0 aliphatic rings. The van der Waals surface area contributed by atoms with Gasteiger partial charge in [-0.15, -0.1) is 0 Å². The minimum atomic E-state index is -0.580. The molecule has 3 heterocycles. The smallest absolute Gasteiger partial charge is 0.331 e. The number of ketones is 1. The highest BCUT2D eigenvalue weighted by atomic mass is 16.5. The monoisotopic (exact) mass is 457 g/mol. The van der Waals surface area contributed by atoms with Crippen molar-refractivity contribution >= 4 is 17.8 Å². The highest BCUT2D eigenvalue weighted by Crippen LogP contribution is 2.20. The summed E-state index contributed by atoms with van der Waals surface area (Å²) in [6, 6.07) is 15.3. The van der Waals surface area contributed by atoms with Crippen molar-refractivity contribution in [2.45, 2.75) is 34.2 Å². The first-order valence-electron chi connectivity index (χ1n) is 11.0. The number of Topliss-reactive ketones (excluding diaryl/α,β-unsaturated/α-hetero) is 1. The van der Waals surface area contributed by atoms with E-state index in [2.05, 4.69) is 5.10 Å². The van der Waals surface area contributed by atoms with Gasteiger partial charge in [0, 0.05) is 34.3 Å². The summed E-state index contributed by atoms with van der Waals surface area (Å²) in [7, 11) is 0. The Bertz CT molecular complexity index is 1340. The minimum absolute atomic E-state index is 0.246. The molecule has 0 saturated heterocycles. The highest BCUT2D eigenvalue weighted by Gasteiger charge is 2.18. The van der Waals surface area contributed by atoms with Crippen LogP contribution in [0.15, 0.2) is 65.3 Å². The molecule has 0 unspecified atom stereocenters. The van der Waals surface area contributed by atoms with Crippen LogP contribution in [-0.2, 0) is 16.1 Å². The zero-order chi connectivity index (χ0) is 24.2. The lowest BCUT2D eigenvalue weighted by atomic mass is 10.1. The number of carbonyl (C=O) groups excluding carboxylic acids is 2. The fourth-order valence-corrected chi connectivity index (χ4v) is 4.02. The Labute approximate surface area is 198 Å². The van der Waals surface area contributed by atoms with E-state index < -0.39 is 5.97 Å². The molecule has 174 valence electrons. The molecule has 0 radical (unpaired) electrons. The van der Waals surface area contributed by atoms with E-state index >= 15 is 0 Å². The van der Waals surface area contributed by atoms with Crippen molar-refractivity contribution in [3.63, 3.8) is 0 Å². The lowest BCUT2D eigenvalue weighted by Crippen LogP contribution is -2.13. The molecule has 1 aromatic carbocycles. The third-order valence-electron chi connectivity index (χ3n) is 5.85. The Morgan fingerprint density at radius 3 is 2.50 bits per heavy atom. The number of aryl methyl sites for hydroxylation is 2. The maximum absolute atomic E-state index is 12.7. The molecule has 34 heavy (non-hydrogen) atoms. The number of nitrogens with zero attached hydrogens (tertiary/aromatic N) is 3. The van der Waals surface area contributed by atoms with E-state index in [0.29, 0.717) is 12.1 Å². The van der Waals surface area contributed by atoms with Crippen LogP contribution in [0.1, 0.15) is 44.5 Å². The van der Waals surface area contributed by atoms with E-state index in [4.69, 9.17) is 9.15 Å². The summed E-state index contributed by atoms with van der Waals surface area (Å²) in [6.07, 6.45) is 4.64. The summed E-state index contributed by atoms with van der Waals surface area (Å²) in [5, 5.41) is 4.57. The maximum Gasteiger partial charge on any atom is 0.331 e. The number of esters is 1. The average Bonchev–Trinajstić information content (AvgIpc) is 3.52. The second-order valence-electron chi connectivity index (χ2n) is 8.15. The molecule has 0 fully saturated rings. The first-order valence-corrected chi connectivity index (χ1v) is 11.0. The predicted molar refractivity (Wildman–Crippen MR) is 129 cm³/mol. The van der Waals surface area contributed by atoms with Gasteiger partial charge < -0.3 is 13.7 Å². The first-order chi connectivity index (χ1) is 16.3. The zero-order valence-electron chi connectivity index (χ0n) is 19.7. The van der Waals surface area contributed by atoms with E-state index in [1.807, 2.05) is 85.5 Å². The van der Waals surface area contributed by atoms with Crippen LogP contribution in [-0.4, -0.2) is 32.7 Å². The highest BCUT2D eigenvalue weighted by molar-refractivity contribution is 6.00. The molecule has 0 bridgehead atoms. The van der Waals surface area contributed by atoms with Crippen LogP contribution in [0.3, 0.4) is 0 Å². The normalized spacial score (nSPS) is 11.3. The molecule has 7 nitrogen and oxygen atoms in total. The molecular weight excluding hydrogens is 430 g/mol. The van der Waals surface area contributed by atoms with Gasteiger partial charge in [0.15, 0.2) is 6.61 Å². The number of benzene rings is 1. The Kier molecular flexibility index (Phi) is 6.63. The summed E-state index contributed by atoms with van der Waals surface area (Å²) in [4.78, 5) is 25.0. The van der Waals surface area contributed by atoms with Gasteiger partial charge in [0.1, 0.15) is 5.76 Å². The third kappa shape index (κ3) is 4.78. The standard InChI is InChI=1S/C27H27N3O4/c1-18-15-25(20(3)29(18)16-23-11-8-14-33-23)26(31)17-34-27(32)13-12-24-19(2)28-30(21(24)4)22-9-6-5-7-10-22/h5-15H,16-17H2,1-4H3/b13-12+. The molecular formula is C27H27N3O4. The number of rotatable bonds is 8. The quantitative estimate of drug-likeness (QED) is 0.212. The van der Waals surface area contributed by atoms with Crippen LogP contribution in [0.4, 0.5) is 0 Å². The summed E-state index contributed by atoms with van der Waals surface area (Å²) < 4.78 is 14.5. The molecule has 7 heteroatoms. The van der Waals surface area contributed by atoms with E-state index in [0.717, 1.165) is 39.8 Å².